The third kappa shape index (κ3) is 3.73. The van der Waals surface area contributed by atoms with E-state index in [0.717, 1.165) is 36.6 Å². The van der Waals surface area contributed by atoms with Crippen molar-refractivity contribution in [3.63, 3.8) is 0 Å². The molecule has 1 saturated heterocycles. The number of hydrogen-bond donors (Lipinski definition) is 1. The molecule has 1 aromatic carbocycles. The Hall–Kier alpha value is -2.41. The Kier molecular flexibility index (Phi) is 5.10. The second-order valence-corrected chi connectivity index (χ2v) is 6.11. The van der Waals surface area contributed by atoms with Gasteiger partial charge in [-0.2, -0.15) is 5.10 Å². The van der Waals surface area contributed by atoms with Crippen LogP contribution < -0.4 is 0 Å². The number of rotatable bonds is 5. The number of hydrogen-bond acceptors (Lipinski definition) is 5. The molecule has 1 atom stereocenters. The molecule has 0 radical (unpaired) electrons. The van der Waals surface area contributed by atoms with Crippen molar-refractivity contribution >= 4 is 6.09 Å². The number of aromatic nitrogens is 3. The van der Waals surface area contributed by atoms with Gasteiger partial charge in [0, 0.05) is 26.2 Å². The Bertz CT molecular complexity index is 671. The molecular weight excluding hydrogens is 306 g/mol. The summed E-state index contributed by atoms with van der Waals surface area (Å²) in [6.45, 7) is 2.06. The smallest absolute Gasteiger partial charge is 0.409 e. The molecule has 0 unspecified atom stereocenters. The first-order valence-electron chi connectivity index (χ1n) is 8.21. The van der Waals surface area contributed by atoms with Gasteiger partial charge in [0.25, 0.3) is 0 Å². The molecule has 7 nitrogen and oxygen atoms in total. The number of carbonyl (C=O) groups excluding carboxylic acids is 1. The van der Waals surface area contributed by atoms with Gasteiger partial charge in [0.05, 0.1) is 6.04 Å². The summed E-state index contributed by atoms with van der Waals surface area (Å²) in [4.78, 5) is 19.9. The van der Waals surface area contributed by atoms with Gasteiger partial charge in [-0.25, -0.2) is 9.78 Å². The quantitative estimate of drug-likeness (QED) is 0.911. The lowest BCUT2D eigenvalue weighted by Gasteiger charge is -2.22. The van der Waals surface area contributed by atoms with E-state index >= 15 is 0 Å². The van der Waals surface area contributed by atoms with Crippen LogP contribution in [0.1, 0.15) is 24.7 Å². The summed E-state index contributed by atoms with van der Waals surface area (Å²) in [6.07, 6.45) is 1.83. The number of amides is 1. The maximum atomic E-state index is 11.5. The van der Waals surface area contributed by atoms with Crippen LogP contribution in [-0.4, -0.2) is 64.9 Å². The molecule has 0 aliphatic carbocycles. The fourth-order valence-electron chi connectivity index (χ4n) is 2.92. The molecule has 0 saturated carbocycles. The first kappa shape index (κ1) is 16.4. The molecule has 1 amide bonds. The topological polar surface area (TPSA) is 74.3 Å². The molecule has 2 aromatic rings. The molecule has 0 spiro atoms. The summed E-state index contributed by atoms with van der Waals surface area (Å²) in [5.41, 5.74) is 1.00. The zero-order chi connectivity index (χ0) is 16.9. The molecule has 1 fully saturated rings. The number of nitrogens with zero attached hydrogens (tertiary/aromatic N) is 4. The number of benzene rings is 1. The van der Waals surface area contributed by atoms with Gasteiger partial charge in [0.2, 0.25) is 0 Å². The number of likely N-dealkylation sites (tertiary alicyclic amines) is 1. The summed E-state index contributed by atoms with van der Waals surface area (Å²) in [5.74, 6) is 1.60. The Morgan fingerprint density at radius 1 is 1.38 bits per heavy atom. The molecule has 7 heteroatoms. The summed E-state index contributed by atoms with van der Waals surface area (Å²) in [7, 11) is 3.36. The molecule has 128 valence electrons. The van der Waals surface area contributed by atoms with Crippen molar-refractivity contribution < 1.29 is 9.53 Å². The van der Waals surface area contributed by atoms with Gasteiger partial charge in [-0.1, -0.05) is 30.3 Å². The van der Waals surface area contributed by atoms with Crippen LogP contribution in [0.2, 0.25) is 0 Å². The van der Waals surface area contributed by atoms with Gasteiger partial charge < -0.3 is 9.64 Å². The average Bonchev–Trinajstić information content (AvgIpc) is 3.24. The first-order valence-corrected chi connectivity index (χ1v) is 8.21. The monoisotopic (exact) mass is 329 g/mol. The lowest BCUT2D eigenvalue weighted by Crippen LogP contribution is -2.31. The van der Waals surface area contributed by atoms with Crippen LogP contribution in [-0.2, 0) is 4.74 Å². The highest BCUT2D eigenvalue weighted by Crippen LogP contribution is 2.30. The summed E-state index contributed by atoms with van der Waals surface area (Å²) in [6, 6.07) is 10.1. The van der Waals surface area contributed by atoms with Gasteiger partial charge in [-0.05, 0) is 19.4 Å². The van der Waals surface area contributed by atoms with Crippen LogP contribution in [0, 0.1) is 0 Å². The minimum atomic E-state index is -0.309. The highest BCUT2D eigenvalue weighted by atomic mass is 16.6. The number of aromatic amines is 1. The van der Waals surface area contributed by atoms with E-state index in [-0.39, 0.29) is 12.1 Å². The van der Waals surface area contributed by atoms with E-state index in [1.165, 1.54) is 4.90 Å². The normalized spacial score (nSPS) is 17.8. The van der Waals surface area contributed by atoms with Crippen molar-refractivity contribution in [1.82, 2.24) is 25.0 Å². The Morgan fingerprint density at radius 3 is 2.92 bits per heavy atom. The van der Waals surface area contributed by atoms with E-state index in [1.54, 1.807) is 14.1 Å². The van der Waals surface area contributed by atoms with Crippen molar-refractivity contribution in [1.29, 1.82) is 0 Å². The molecule has 24 heavy (non-hydrogen) atoms. The molecular formula is C17H23N5O2. The largest absolute Gasteiger partial charge is 0.448 e. The van der Waals surface area contributed by atoms with Gasteiger partial charge >= 0.3 is 6.09 Å². The van der Waals surface area contributed by atoms with E-state index in [4.69, 9.17) is 4.74 Å². The Labute approximate surface area is 141 Å². The van der Waals surface area contributed by atoms with Crippen LogP contribution in [0.25, 0.3) is 11.4 Å². The van der Waals surface area contributed by atoms with Gasteiger partial charge in [0.1, 0.15) is 12.4 Å². The van der Waals surface area contributed by atoms with Crippen molar-refractivity contribution in [3.05, 3.63) is 36.2 Å². The fraction of sp³-hybridized carbons (Fsp3) is 0.471. The second kappa shape index (κ2) is 7.44. The van der Waals surface area contributed by atoms with Crippen LogP contribution in [0.3, 0.4) is 0 Å². The van der Waals surface area contributed by atoms with Crippen molar-refractivity contribution in [3.8, 4) is 11.4 Å². The van der Waals surface area contributed by atoms with E-state index < -0.39 is 0 Å². The third-order valence-corrected chi connectivity index (χ3v) is 4.18. The van der Waals surface area contributed by atoms with E-state index in [9.17, 15) is 4.79 Å². The minimum Gasteiger partial charge on any atom is -0.448 e. The highest BCUT2D eigenvalue weighted by Gasteiger charge is 2.28. The van der Waals surface area contributed by atoms with Crippen LogP contribution in [0.5, 0.6) is 0 Å². The predicted octanol–water partition coefficient (Wildman–Crippen LogP) is 2.31. The zero-order valence-electron chi connectivity index (χ0n) is 14.1. The lowest BCUT2D eigenvalue weighted by atomic mass is 10.2. The molecule has 3 rings (SSSR count). The zero-order valence-corrected chi connectivity index (χ0v) is 14.1. The number of carbonyl (C=O) groups is 1. The average molecular weight is 329 g/mol. The van der Waals surface area contributed by atoms with Crippen molar-refractivity contribution in [2.24, 2.45) is 0 Å². The molecule has 1 aliphatic rings. The maximum Gasteiger partial charge on any atom is 0.409 e. The lowest BCUT2D eigenvalue weighted by molar-refractivity contribution is 0.100. The third-order valence-electron chi connectivity index (χ3n) is 4.18. The highest BCUT2D eigenvalue weighted by molar-refractivity contribution is 5.66. The number of H-pyrrole nitrogens is 1. The SMILES string of the molecule is CN(C)C(=O)OCCN1CCC[C@@H]1c1nc(-c2ccccc2)n[nH]1. The number of ether oxygens (including phenoxy) is 1. The van der Waals surface area contributed by atoms with E-state index in [0.29, 0.717) is 13.2 Å². The minimum absolute atomic E-state index is 0.202. The second-order valence-electron chi connectivity index (χ2n) is 6.11. The summed E-state index contributed by atoms with van der Waals surface area (Å²) < 4.78 is 5.22. The predicted molar refractivity (Wildman–Crippen MR) is 90.4 cm³/mol. The molecule has 1 N–H and O–H groups in total. The van der Waals surface area contributed by atoms with Gasteiger partial charge in [-0.3, -0.25) is 10.00 Å². The maximum absolute atomic E-state index is 11.5. The fourth-order valence-corrected chi connectivity index (χ4v) is 2.92. The van der Waals surface area contributed by atoms with Gasteiger partial charge in [-0.15, -0.1) is 0 Å². The summed E-state index contributed by atoms with van der Waals surface area (Å²) >= 11 is 0. The summed E-state index contributed by atoms with van der Waals surface area (Å²) in [5, 5.41) is 7.42. The number of nitrogens with one attached hydrogen (secondary N) is 1. The van der Waals surface area contributed by atoms with Crippen molar-refractivity contribution in [2.75, 3.05) is 33.8 Å². The Morgan fingerprint density at radius 2 is 2.17 bits per heavy atom. The Balaban J connectivity index is 1.61. The van der Waals surface area contributed by atoms with E-state index in [2.05, 4.69) is 20.1 Å². The molecule has 0 bridgehead atoms. The van der Waals surface area contributed by atoms with E-state index in [1.807, 2.05) is 30.3 Å². The standard InChI is InChI=1S/C17H23N5O2/c1-21(2)17(23)24-12-11-22-10-6-9-14(22)16-18-15(19-20-16)13-7-4-3-5-8-13/h3-5,7-8,14H,6,9-12H2,1-2H3,(H,18,19,20)/t14-/m1/s1. The molecule has 1 aliphatic heterocycles. The molecule has 1 aromatic heterocycles. The van der Waals surface area contributed by atoms with Crippen LogP contribution >= 0.6 is 0 Å². The van der Waals surface area contributed by atoms with Crippen LogP contribution in [0.4, 0.5) is 4.79 Å². The van der Waals surface area contributed by atoms with Crippen LogP contribution in [0.15, 0.2) is 30.3 Å². The van der Waals surface area contributed by atoms with Crippen molar-refractivity contribution in [2.45, 2.75) is 18.9 Å². The van der Waals surface area contributed by atoms with Gasteiger partial charge in [0.15, 0.2) is 5.82 Å². The first-order chi connectivity index (χ1) is 11.6. The molecule has 2 heterocycles.